The number of rotatable bonds is 6. The molecule has 24 heavy (non-hydrogen) atoms. The zero-order valence-electron chi connectivity index (χ0n) is 14.8. The molecule has 0 radical (unpaired) electrons. The minimum atomic E-state index is -1.19. The Morgan fingerprint density at radius 3 is 2.62 bits per heavy atom. The second kappa shape index (κ2) is 7.04. The molecule has 2 amide bonds. The van der Waals surface area contributed by atoms with Crippen molar-refractivity contribution in [3.05, 3.63) is 36.2 Å². The number of carbonyl (C=O) groups excluding carboxylic acids is 1. The number of nitrogens with one attached hydrogen (secondary N) is 2. The first-order chi connectivity index (χ1) is 11.2. The molecule has 0 aromatic carbocycles. The highest BCUT2D eigenvalue weighted by molar-refractivity contribution is 5.74. The van der Waals surface area contributed by atoms with Gasteiger partial charge in [0.1, 0.15) is 11.4 Å². The summed E-state index contributed by atoms with van der Waals surface area (Å²) in [6.07, 6.45) is 6.86. The van der Waals surface area contributed by atoms with E-state index in [1.54, 1.807) is 37.2 Å². The van der Waals surface area contributed by atoms with E-state index < -0.39 is 5.60 Å². The summed E-state index contributed by atoms with van der Waals surface area (Å²) in [7, 11) is 3.67. The Balaban J connectivity index is 1.98. The third-order valence-corrected chi connectivity index (χ3v) is 4.01. The molecule has 2 unspecified atom stereocenters. The second-order valence-electron chi connectivity index (χ2n) is 6.62. The van der Waals surface area contributed by atoms with Crippen LogP contribution in [0.3, 0.4) is 0 Å². The maximum absolute atomic E-state index is 12.3. The van der Waals surface area contributed by atoms with Crippen molar-refractivity contribution in [2.45, 2.75) is 32.4 Å². The molecule has 132 valence electrons. The molecular weight excluding hydrogens is 308 g/mol. The van der Waals surface area contributed by atoms with Crippen LogP contribution in [-0.4, -0.2) is 37.0 Å². The van der Waals surface area contributed by atoms with Gasteiger partial charge in [-0.3, -0.25) is 4.68 Å². The maximum atomic E-state index is 12.3. The maximum Gasteiger partial charge on any atom is 0.315 e. The van der Waals surface area contributed by atoms with Crippen molar-refractivity contribution in [2.75, 3.05) is 6.54 Å². The zero-order valence-corrected chi connectivity index (χ0v) is 14.8. The first-order valence-electron chi connectivity index (χ1n) is 7.94. The summed E-state index contributed by atoms with van der Waals surface area (Å²) in [5.74, 6) is 0.967. The number of hydrogen-bond acceptors (Lipinski definition) is 4. The van der Waals surface area contributed by atoms with Gasteiger partial charge in [-0.1, -0.05) is 13.8 Å². The van der Waals surface area contributed by atoms with Crippen molar-refractivity contribution in [3.63, 3.8) is 0 Å². The van der Waals surface area contributed by atoms with Gasteiger partial charge < -0.3 is 20.3 Å². The van der Waals surface area contributed by atoms with Gasteiger partial charge >= 0.3 is 6.03 Å². The third kappa shape index (κ3) is 4.14. The summed E-state index contributed by atoms with van der Waals surface area (Å²) in [6, 6.07) is -0.561. The number of amides is 2. The normalized spacial score (nSPS) is 15.1. The molecule has 0 fully saturated rings. The standard InChI is InChI=1S/C16H26N6O2/c1-11(2)13(14-17-6-7-21(14)4)20-15(23)18-10-16(3,24)12-8-19-22(5)9-12/h6-9,11,13,24H,10H2,1-5H3,(H2,18,20,23). The summed E-state index contributed by atoms with van der Waals surface area (Å²) in [4.78, 5) is 16.6. The lowest BCUT2D eigenvalue weighted by atomic mass is 10.00. The van der Waals surface area contributed by atoms with E-state index in [-0.39, 0.29) is 24.5 Å². The molecule has 0 aliphatic rings. The molecule has 2 aromatic rings. The van der Waals surface area contributed by atoms with Crippen molar-refractivity contribution < 1.29 is 9.90 Å². The van der Waals surface area contributed by atoms with Crippen molar-refractivity contribution in [3.8, 4) is 0 Å². The molecule has 0 spiro atoms. The van der Waals surface area contributed by atoms with Crippen LogP contribution in [0.5, 0.6) is 0 Å². The number of aliphatic hydroxyl groups is 1. The van der Waals surface area contributed by atoms with Gasteiger partial charge in [0, 0.05) is 38.2 Å². The second-order valence-corrected chi connectivity index (χ2v) is 6.62. The predicted octanol–water partition coefficient (Wildman–Crippen LogP) is 1.06. The molecule has 2 aromatic heterocycles. The van der Waals surface area contributed by atoms with Crippen LogP contribution in [0.2, 0.25) is 0 Å². The third-order valence-electron chi connectivity index (χ3n) is 4.01. The average molecular weight is 334 g/mol. The molecule has 0 aliphatic carbocycles. The zero-order chi connectivity index (χ0) is 17.9. The largest absolute Gasteiger partial charge is 0.383 e. The van der Waals surface area contributed by atoms with Gasteiger partial charge in [-0.2, -0.15) is 5.10 Å². The van der Waals surface area contributed by atoms with E-state index in [9.17, 15) is 9.90 Å². The van der Waals surface area contributed by atoms with Gasteiger partial charge in [0.2, 0.25) is 0 Å². The van der Waals surface area contributed by atoms with Crippen molar-refractivity contribution >= 4 is 6.03 Å². The monoisotopic (exact) mass is 334 g/mol. The lowest BCUT2D eigenvalue weighted by molar-refractivity contribution is 0.0591. The number of nitrogens with zero attached hydrogens (tertiary/aromatic N) is 4. The Hall–Kier alpha value is -2.35. The van der Waals surface area contributed by atoms with E-state index in [1.807, 2.05) is 31.7 Å². The lowest BCUT2D eigenvalue weighted by Crippen LogP contribution is -2.45. The van der Waals surface area contributed by atoms with Crippen LogP contribution in [0.25, 0.3) is 0 Å². The Labute approximate surface area is 141 Å². The van der Waals surface area contributed by atoms with E-state index in [4.69, 9.17) is 0 Å². The summed E-state index contributed by atoms with van der Waals surface area (Å²) < 4.78 is 3.50. The molecule has 3 N–H and O–H groups in total. The van der Waals surface area contributed by atoms with Gasteiger partial charge in [-0.05, 0) is 12.8 Å². The number of imidazole rings is 1. The van der Waals surface area contributed by atoms with E-state index in [0.29, 0.717) is 5.56 Å². The van der Waals surface area contributed by atoms with Gasteiger partial charge in [0.05, 0.1) is 18.8 Å². The van der Waals surface area contributed by atoms with E-state index in [1.165, 1.54) is 0 Å². The SMILES string of the molecule is CC(C)C(NC(=O)NCC(C)(O)c1cnn(C)c1)c1nccn1C. The van der Waals surface area contributed by atoms with Crippen molar-refractivity contribution in [1.29, 1.82) is 0 Å². The summed E-state index contributed by atoms with van der Waals surface area (Å²) in [5, 5.41) is 20.2. The number of hydrogen-bond donors (Lipinski definition) is 3. The number of carbonyl (C=O) groups is 1. The first kappa shape index (κ1) is 18.0. The molecule has 0 bridgehead atoms. The number of aromatic nitrogens is 4. The number of aryl methyl sites for hydroxylation is 2. The highest BCUT2D eigenvalue weighted by Gasteiger charge is 2.27. The number of urea groups is 1. The minimum Gasteiger partial charge on any atom is -0.383 e. The Morgan fingerprint density at radius 2 is 2.12 bits per heavy atom. The van der Waals surface area contributed by atoms with Crippen LogP contribution < -0.4 is 10.6 Å². The van der Waals surface area contributed by atoms with Crippen LogP contribution in [0.4, 0.5) is 4.79 Å². The van der Waals surface area contributed by atoms with Gasteiger partial charge in [-0.15, -0.1) is 0 Å². The summed E-state index contributed by atoms with van der Waals surface area (Å²) in [5.41, 5.74) is -0.544. The molecule has 8 nitrogen and oxygen atoms in total. The predicted molar refractivity (Wildman–Crippen MR) is 90.1 cm³/mol. The Bertz CT molecular complexity index is 688. The quantitative estimate of drug-likeness (QED) is 0.736. The molecular formula is C16H26N6O2. The Morgan fingerprint density at radius 1 is 1.42 bits per heavy atom. The fourth-order valence-corrected chi connectivity index (χ4v) is 2.45. The van der Waals surface area contributed by atoms with Gasteiger partial charge in [0.25, 0.3) is 0 Å². The molecule has 0 aliphatic heterocycles. The molecule has 0 saturated heterocycles. The Kier molecular flexibility index (Phi) is 5.28. The molecule has 8 heteroatoms. The van der Waals surface area contributed by atoms with Crippen LogP contribution in [0, 0.1) is 5.92 Å². The first-order valence-corrected chi connectivity index (χ1v) is 7.94. The van der Waals surface area contributed by atoms with Crippen LogP contribution in [0.15, 0.2) is 24.8 Å². The summed E-state index contributed by atoms with van der Waals surface area (Å²) >= 11 is 0. The van der Waals surface area contributed by atoms with E-state index in [0.717, 1.165) is 5.82 Å². The van der Waals surface area contributed by atoms with Crippen LogP contribution in [-0.2, 0) is 19.7 Å². The van der Waals surface area contributed by atoms with E-state index >= 15 is 0 Å². The fourth-order valence-electron chi connectivity index (χ4n) is 2.45. The van der Waals surface area contributed by atoms with Gasteiger partial charge in [-0.25, -0.2) is 9.78 Å². The molecule has 2 rings (SSSR count). The van der Waals surface area contributed by atoms with Crippen LogP contribution in [0.1, 0.15) is 38.2 Å². The van der Waals surface area contributed by atoms with Crippen molar-refractivity contribution in [2.24, 2.45) is 20.0 Å². The van der Waals surface area contributed by atoms with Gasteiger partial charge in [0.15, 0.2) is 0 Å². The average Bonchev–Trinajstić information content (AvgIpc) is 3.11. The fraction of sp³-hybridized carbons (Fsp3) is 0.562. The lowest BCUT2D eigenvalue weighted by Gasteiger charge is -2.25. The van der Waals surface area contributed by atoms with Crippen molar-refractivity contribution in [1.82, 2.24) is 30.0 Å². The summed E-state index contributed by atoms with van der Waals surface area (Å²) in [6.45, 7) is 5.76. The smallest absolute Gasteiger partial charge is 0.315 e. The topological polar surface area (TPSA) is 97.0 Å². The van der Waals surface area contributed by atoms with Crippen LogP contribution >= 0.6 is 0 Å². The minimum absolute atomic E-state index is 0.0793. The highest BCUT2D eigenvalue weighted by atomic mass is 16.3. The highest BCUT2D eigenvalue weighted by Crippen LogP contribution is 2.20. The van der Waals surface area contributed by atoms with E-state index in [2.05, 4.69) is 20.7 Å². The molecule has 2 atom stereocenters. The molecule has 0 saturated carbocycles. The molecule has 2 heterocycles.